The molecule has 1 nitrogen and oxygen atoms in total. The minimum atomic E-state index is 0.395. The molecule has 0 spiro atoms. The lowest BCUT2D eigenvalue weighted by Crippen LogP contribution is -2.11. The van der Waals surface area contributed by atoms with E-state index in [1.54, 1.807) is 6.07 Å². The summed E-state index contributed by atoms with van der Waals surface area (Å²) in [5.74, 6) is 3.38. The first kappa shape index (κ1) is 13.9. The van der Waals surface area contributed by atoms with Crippen molar-refractivity contribution in [3.8, 4) is 5.75 Å². The van der Waals surface area contributed by atoms with Crippen LogP contribution in [0.1, 0.15) is 30.7 Å². The summed E-state index contributed by atoms with van der Waals surface area (Å²) in [7, 11) is 0. The number of phenolic OH excluding ortho intramolecular Hbond substituents is 1. The molecule has 0 saturated carbocycles. The van der Waals surface area contributed by atoms with Gasteiger partial charge in [0.15, 0.2) is 0 Å². The molecule has 1 aliphatic heterocycles. The molecule has 1 aromatic rings. The third kappa shape index (κ3) is 3.72. The van der Waals surface area contributed by atoms with Gasteiger partial charge < -0.3 is 5.11 Å². The summed E-state index contributed by atoms with van der Waals surface area (Å²) >= 11 is 4.13. The van der Waals surface area contributed by atoms with E-state index in [0.29, 0.717) is 16.2 Å². The van der Waals surface area contributed by atoms with Gasteiger partial charge in [0.2, 0.25) is 0 Å². The molecular formula is C15H20OS2. The van der Waals surface area contributed by atoms with Gasteiger partial charge in [-0.15, -0.1) is 30.1 Å². The summed E-state index contributed by atoms with van der Waals surface area (Å²) in [5, 5.41) is 9.99. The zero-order chi connectivity index (χ0) is 12.8. The lowest BCUT2D eigenvalue weighted by molar-refractivity contribution is 0.459. The molecule has 18 heavy (non-hydrogen) atoms. The third-order valence-corrected chi connectivity index (χ3v) is 6.19. The molecule has 1 atom stereocenters. The molecule has 0 aromatic heterocycles. The molecule has 98 valence electrons. The van der Waals surface area contributed by atoms with Crippen LogP contribution in [0, 0.1) is 0 Å². The van der Waals surface area contributed by atoms with Crippen molar-refractivity contribution in [1.82, 2.24) is 0 Å². The fraction of sp³-hybridized carbons (Fsp3) is 0.467. The Morgan fingerprint density at radius 2 is 2.06 bits per heavy atom. The van der Waals surface area contributed by atoms with Crippen LogP contribution in [0.4, 0.5) is 0 Å². The Labute approximate surface area is 118 Å². The van der Waals surface area contributed by atoms with Crippen molar-refractivity contribution < 1.29 is 5.11 Å². The number of allylic oxidation sites excluding steroid dienone is 1. The minimum absolute atomic E-state index is 0.395. The lowest BCUT2D eigenvalue weighted by Gasteiger charge is -2.26. The summed E-state index contributed by atoms with van der Waals surface area (Å²) in [6.45, 7) is 3.85. The van der Waals surface area contributed by atoms with E-state index >= 15 is 0 Å². The van der Waals surface area contributed by atoms with Gasteiger partial charge in [-0.3, -0.25) is 0 Å². The number of aromatic hydroxyl groups is 1. The largest absolute Gasteiger partial charge is 0.508 e. The SMILES string of the molecule is C=CCC(CC1SCCCS1)c1ccccc1O. The van der Waals surface area contributed by atoms with E-state index in [4.69, 9.17) is 0 Å². The third-order valence-electron chi connectivity index (χ3n) is 3.20. The fourth-order valence-electron chi connectivity index (χ4n) is 2.29. The molecule has 1 N–H and O–H groups in total. The Kier molecular flexibility index (Phi) is 5.51. The first-order valence-electron chi connectivity index (χ1n) is 6.43. The Balaban J connectivity index is 2.07. The molecule has 1 unspecified atom stereocenters. The molecule has 0 bridgehead atoms. The zero-order valence-electron chi connectivity index (χ0n) is 10.5. The topological polar surface area (TPSA) is 20.2 Å². The van der Waals surface area contributed by atoms with Gasteiger partial charge in [0.05, 0.1) is 4.58 Å². The van der Waals surface area contributed by atoms with Crippen LogP contribution in [0.5, 0.6) is 5.75 Å². The molecule has 3 heteroatoms. The molecular weight excluding hydrogens is 260 g/mol. The molecule has 0 radical (unpaired) electrons. The van der Waals surface area contributed by atoms with Crippen LogP contribution in [-0.2, 0) is 0 Å². The Bertz CT molecular complexity index is 386. The van der Waals surface area contributed by atoms with E-state index < -0.39 is 0 Å². The monoisotopic (exact) mass is 280 g/mol. The van der Waals surface area contributed by atoms with Gasteiger partial charge in [0, 0.05) is 0 Å². The van der Waals surface area contributed by atoms with Crippen molar-refractivity contribution in [1.29, 1.82) is 0 Å². The number of phenols is 1. The van der Waals surface area contributed by atoms with Gasteiger partial charge in [-0.05, 0) is 48.3 Å². The smallest absolute Gasteiger partial charge is 0.119 e. The van der Waals surface area contributed by atoms with Crippen LogP contribution in [-0.4, -0.2) is 21.2 Å². The van der Waals surface area contributed by atoms with E-state index in [1.807, 2.05) is 24.3 Å². The van der Waals surface area contributed by atoms with E-state index in [-0.39, 0.29) is 0 Å². The Hall–Kier alpha value is -0.540. The minimum Gasteiger partial charge on any atom is -0.508 e. The van der Waals surface area contributed by atoms with Gasteiger partial charge >= 0.3 is 0 Å². The number of rotatable bonds is 5. The summed E-state index contributed by atoms with van der Waals surface area (Å²) in [5.41, 5.74) is 1.07. The fourth-order valence-corrected chi connectivity index (χ4v) is 5.32. The summed E-state index contributed by atoms with van der Waals surface area (Å²) in [4.78, 5) is 0. The lowest BCUT2D eigenvalue weighted by atomic mass is 9.92. The number of para-hydroxylation sites is 1. The second-order valence-electron chi connectivity index (χ2n) is 4.54. The predicted molar refractivity (Wildman–Crippen MR) is 83.6 cm³/mol. The molecule has 1 fully saturated rings. The van der Waals surface area contributed by atoms with Crippen molar-refractivity contribution in [2.45, 2.75) is 29.8 Å². The van der Waals surface area contributed by atoms with Crippen LogP contribution in [0.15, 0.2) is 36.9 Å². The van der Waals surface area contributed by atoms with Crippen molar-refractivity contribution >= 4 is 23.5 Å². The van der Waals surface area contributed by atoms with Crippen LogP contribution in [0.3, 0.4) is 0 Å². The predicted octanol–water partition coefficient (Wildman–Crippen LogP) is 4.64. The zero-order valence-corrected chi connectivity index (χ0v) is 12.2. The van der Waals surface area contributed by atoms with Gasteiger partial charge in [-0.25, -0.2) is 0 Å². The maximum Gasteiger partial charge on any atom is 0.119 e. The second kappa shape index (κ2) is 7.15. The summed E-state index contributed by atoms with van der Waals surface area (Å²) in [6.07, 6.45) is 5.36. The molecule has 0 amide bonds. The average Bonchev–Trinajstić information content (AvgIpc) is 2.40. The number of hydrogen-bond donors (Lipinski definition) is 1. The van der Waals surface area contributed by atoms with Crippen LogP contribution >= 0.6 is 23.5 Å². The Morgan fingerprint density at radius 1 is 1.33 bits per heavy atom. The van der Waals surface area contributed by atoms with Gasteiger partial charge in [0.25, 0.3) is 0 Å². The van der Waals surface area contributed by atoms with E-state index in [0.717, 1.165) is 18.4 Å². The van der Waals surface area contributed by atoms with Crippen molar-refractivity contribution in [2.24, 2.45) is 0 Å². The highest BCUT2D eigenvalue weighted by Crippen LogP contribution is 2.40. The Morgan fingerprint density at radius 3 is 2.72 bits per heavy atom. The van der Waals surface area contributed by atoms with Gasteiger partial charge in [-0.2, -0.15) is 0 Å². The highest BCUT2D eigenvalue weighted by atomic mass is 32.2. The van der Waals surface area contributed by atoms with Gasteiger partial charge in [0.1, 0.15) is 5.75 Å². The standard InChI is InChI=1S/C15H20OS2/c1-2-6-12(11-15-17-9-5-10-18-15)13-7-3-4-8-14(13)16/h2-4,7-8,12,15-16H,1,5-6,9-11H2. The average molecular weight is 280 g/mol. The summed E-state index contributed by atoms with van der Waals surface area (Å²) < 4.78 is 0.670. The quantitative estimate of drug-likeness (QED) is 0.794. The maximum atomic E-state index is 9.99. The first-order chi connectivity index (χ1) is 8.81. The van der Waals surface area contributed by atoms with Crippen LogP contribution < -0.4 is 0 Å². The first-order valence-corrected chi connectivity index (χ1v) is 8.53. The maximum absolute atomic E-state index is 9.99. The molecule has 1 heterocycles. The van der Waals surface area contributed by atoms with Crippen molar-refractivity contribution in [2.75, 3.05) is 11.5 Å². The molecule has 1 aliphatic rings. The van der Waals surface area contributed by atoms with E-state index in [2.05, 4.69) is 30.1 Å². The van der Waals surface area contributed by atoms with Crippen LogP contribution in [0.25, 0.3) is 0 Å². The van der Waals surface area contributed by atoms with Gasteiger partial charge in [-0.1, -0.05) is 24.3 Å². The number of benzene rings is 1. The van der Waals surface area contributed by atoms with E-state index in [1.165, 1.54) is 17.9 Å². The van der Waals surface area contributed by atoms with Crippen LogP contribution in [0.2, 0.25) is 0 Å². The number of thioether (sulfide) groups is 2. The highest BCUT2D eigenvalue weighted by molar-refractivity contribution is 8.17. The normalized spacial score (nSPS) is 18.4. The second-order valence-corrected chi connectivity index (χ2v) is 7.46. The van der Waals surface area contributed by atoms with Crippen molar-refractivity contribution in [3.05, 3.63) is 42.5 Å². The number of hydrogen-bond acceptors (Lipinski definition) is 3. The molecule has 1 aromatic carbocycles. The highest BCUT2D eigenvalue weighted by Gasteiger charge is 2.21. The molecule has 1 saturated heterocycles. The molecule has 0 aliphatic carbocycles. The van der Waals surface area contributed by atoms with Crippen molar-refractivity contribution in [3.63, 3.8) is 0 Å². The molecule has 2 rings (SSSR count). The summed E-state index contributed by atoms with van der Waals surface area (Å²) in [6, 6.07) is 7.72. The van der Waals surface area contributed by atoms with E-state index in [9.17, 15) is 5.11 Å².